The Kier molecular flexibility index (Phi) is 6.13. The average molecular weight is 424 g/mol. The van der Waals surface area contributed by atoms with E-state index in [1.807, 2.05) is 49.4 Å². The van der Waals surface area contributed by atoms with Crippen molar-refractivity contribution in [3.05, 3.63) is 53.6 Å². The van der Waals surface area contributed by atoms with E-state index in [4.69, 9.17) is 9.47 Å². The lowest BCUT2D eigenvalue weighted by Gasteiger charge is -2.29. The fraction of sp³-hybridized carbons (Fsp3) is 0.417. The summed E-state index contributed by atoms with van der Waals surface area (Å²) in [5.74, 6) is 1.25. The molecule has 0 spiro atoms. The number of rotatable bonds is 6. The van der Waals surface area contributed by atoms with Crippen LogP contribution in [0.4, 0.5) is 5.69 Å². The van der Waals surface area contributed by atoms with Crippen molar-refractivity contribution in [2.24, 2.45) is 0 Å². The van der Waals surface area contributed by atoms with Gasteiger partial charge in [-0.15, -0.1) is 0 Å². The van der Waals surface area contributed by atoms with Crippen LogP contribution in [-0.4, -0.2) is 56.1 Å². The van der Waals surface area contributed by atoms with Gasteiger partial charge >= 0.3 is 0 Å². The van der Waals surface area contributed by atoms with Gasteiger partial charge in [0.15, 0.2) is 11.5 Å². The summed E-state index contributed by atoms with van der Waals surface area (Å²) in [6, 6.07) is 13.2. The average Bonchev–Trinajstić information content (AvgIpc) is 3.05. The molecule has 0 aliphatic carbocycles. The van der Waals surface area contributed by atoms with Gasteiger partial charge < -0.3 is 19.7 Å². The van der Waals surface area contributed by atoms with Crippen LogP contribution in [0, 0.1) is 0 Å². The number of carbonyl (C=O) groups is 2. The minimum atomic E-state index is -0.482. The van der Waals surface area contributed by atoms with Crippen molar-refractivity contribution >= 4 is 17.5 Å². The van der Waals surface area contributed by atoms with E-state index >= 15 is 0 Å². The number of nitrogens with one attached hydrogen (secondary N) is 1. The van der Waals surface area contributed by atoms with Gasteiger partial charge in [0.25, 0.3) is 0 Å². The van der Waals surface area contributed by atoms with Gasteiger partial charge in [-0.25, -0.2) is 0 Å². The lowest BCUT2D eigenvalue weighted by atomic mass is 9.99. The van der Waals surface area contributed by atoms with Gasteiger partial charge in [0, 0.05) is 24.8 Å². The second-order valence-electron chi connectivity index (χ2n) is 8.19. The van der Waals surface area contributed by atoms with E-state index in [-0.39, 0.29) is 24.4 Å². The standard InChI is InChI=1S/C24H29N3O4/c1-16-11-20(24(29)27(16)19-7-5-4-6-8-19)25-23(28)15-26-10-9-17-12-21(30-2)22(31-3)13-18(17)14-26/h4-8,12-13,16,20H,9-11,14-15H2,1-3H3,(H,25,28)/t16-,20-/m1/s1. The third kappa shape index (κ3) is 4.37. The van der Waals surface area contributed by atoms with E-state index in [0.29, 0.717) is 18.7 Å². The van der Waals surface area contributed by atoms with Gasteiger partial charge in [0.05, 0.1) is 20.8 Å². The Bertz CT molecular complexity index is 963. The highest BCUT2D eigenvalue weighted by molar-refractivity contribution is 6.02. The van der Waals surface area contributed by atoms with Crippen LogP contribution in [0.15, 0.2) is 42.5 Å². The van der Waals surface area contributed by atoms with E-state index in [2.05, 4.69) is 10.2 Å². The number of anilines is 1. The topological polar surface area (TPSA) is 71.1 Å². The van der Waals surface area contributed by atoms with Crippen LogP contribution in [-0.2, 0) is 22.6 Å². The SMILES string of the molecule is COc1cc2c(cc1OC)CN(CC(=O)N[C@@H]1C[C@@H](C)N(c3ccccc3)C1=O)CC2. The predicted octanol–water partition coefficient (Wildman–Crippen LogP) is 2.37. The summed E-state index contributed by atoms with van der Waals surface area (Å²) in [5.41, 5.74) is 3.22. The third-order valence-corrected chi connectivity index (χ3v) is 6.09. The molecule has 1 saturated heterocycles. The minimum Gasteiger partial charge on any atom is -0.493 e. The van der Waals surface area contributed by atoms with Crippen LogP contribution in [0.1, 0.15) is 24.5 Å². The molecule has 2 heterocycles. The molecule has 2 aliphatic rings. The summed E-state index contributed by atoms with van der Waals surface area (Å²) in [7, 11) is 3.25. The molecule has 0 aromatic heterocycles. The van der Waals surface area contributed by atoms with E-state index in [9.17, 15) is 9.59 Å². The molecule has 0 radical (unpaired) electrons. The molecule has 7 heteroatoms. The monoisotopic (exact) mass is 423 g/mol. The number of hydrogen-bond acceptors (Lipinski definition) is 5. The number of methoxy groups -OCH3 is 2. The van der Waals surface area contributed by atoms with Crippen LogP contribution >= 0.6 is 0 Å². The second kappa shape index (κ2) is 8.98. The summed E-state index contributed by atoms with van der Waals surface area (Å²) >= 11 is 0. The molecular formula is C24H29N3O4. The first-order chi connectivity index (χ1) is 15.0. The smallest absolute Gasteiger partial charge is 0.249 e. The molecule has 2 amide bonds. The van der Waals surface area contributed by atoms with Crippen molar-refractivity contribution in [3.8, 4) is 11.5 Å². The van der Waals surface area contributed by atoms with Gasteiger partial charge in [-0.05, 0) is 55.2 Å². The van der Waals surface area contributed by atoms with Gasteiger partial charge in [-0.2, -0.15) is 0 Å². The van der Waals surface area contributed by atoms with Crippen LogP contribution in [0.5, 0.6) is 11.5 Å². The molecule has 164 valence electrons. The van der Waals surface area contributed by atoms with Crippen LogP contribution in [0.2, 0.25) is 0 Å². The molecule has 2 atom stereocenters. The second-order valence-corrected chi connectivity index (χ2v) is 8.19. The molecule has 0 saturated carbocycles. The summed E-state index contributed by atoms with van der Waals surface area (Å²) in [6.07, 6.45) is 1.45. The highest BCUT2D eigenvalue weighted by Gasteiger charge is 2.38. The summed E-state index contributed by atoms with van der Waals surface area (Å²) in [6.45, 7) is 3.72. The van der Waals surface area contributed by atoms with Crippen molar-refractivity contribution in [2.45, 2.75) is 38.4 Å². The fourth-order valence-electron chi connectivity index (χ4n) is 4.54. The van der Waals surface area contributed by atoms with E-state index < -0.39 is 6.04 Å². The minimum absolute atomic E-state index is 0.0458. The molecule has 1 N–H and O–H groups in total. The Hall–Kier alpha value is -3.06. The maximum Gasteiger partial charge on any atom is 0.249 e. The molecule has 4 rings (SSSR count). The van der Waals surface area contributed by atoms with E-state index in [1.54, 1.807) is 19.1 Å². The third-order valence-electron chi connectivity index (χ3n) is 6.09. The molecular weight excluding hydrogens is 394 g/mol. The normalized spacial score (nSPS) is 21.0. The molecule has 2 aromatic carbocycles. The Morgan fingerprint density at radius 1 is 1.10 bits per heavy atom. The van der Waals surface area contributed by atoms with Crippen molar-refractivity contribution in [2.75, 3.05) is 32.2 Å². The van der Waals surface area contributed by atoms with Gasteiger partial charge in [0.2, 0.25) is 11.8 Å². The number of ether oxygens (including phenoxy) is 2. The zero-order chi connectivity index (χ0) is 22.0. The largest absolute Gasteiger partial charge is 0.493 e. The molecule has 0 unspecified atom stereocenters. The Morgan fingerprint density at radius 3 is 2.45 bits per heavy atom. The number of benzene rings is 2. The molecule has 2 aromatic rings. The van der Waals surface area contributed by atoms with Crippen molar-refractivity contribution < 1.29 is 19.1 Å². The highest BCUT2D eigenvalue weighted by atomic mass is 16.5. The summed E-state index contributed by atoms with van der Waals surface area (Å²) < 4.78 is 10.8. The lowest BCUT2D eigenvalue weighted by molar-refractivity contribution is -0.127. The van der Waals surface area contributed by atoms with Crippen LogP contribution < -0.4 is 19.7 Å². The Morgan fingerprint density at radius 2 is 1.77 bits per heavy atom. The van der Waals surface area contributed by atoms with Gasteiger partial charge in [-0.3, -0.25) is 14.5 Å². The molecule has 31 heavy (non-hydrogen) atoms. The molecule has 2 aliphatic heterocycles. The van der Waals surface area contributed by atoms with Gasteiger partial charge in [0.1, 0.15) is 6.04 Å². The quantitative estimate of drug-likeness (QED) is 0.773. The van der Waals surface area contributed by atoms with Crippen LogP contribution in [0.25, 0.3) is 0 Å². The molecule has 1 fully saturated rings. The predicted molar refractivity (Wildman–Crippen MR) is 118 cm³/mol. The first-order valence-corrected chi connectivity index (χ1v) is 10.6. The van der Waals surface area contributed by atoms with Crippen molar-refractivity contribution in [1.82, 2.24) is 10.2 Å². The van der Waals surface area contributed by atoms with E-state index in [0.717, 1.165) is 30.0 Å². The Labute approximate surface area is 182 Å². The number of fused-ring (bicyclic) bond motifs is 1. The zero-order valence-electron chi connectivity index (χ0n) is 18.3. The van der Waals surface area contributed by atoms with E-state index in [1.165, 1.54) is 5.56 Å². The van der Waals surface area contributed by atoms with Crippen molar-refractivity contribution in [1.29, 1.82) is 0 Å². The molecule has 7 nitrogen and oxygen atoms in total. The first-order valence-electron chi connectivity index (χ1n) is 10.6. The number of nitrogens with zero attached hydrogens (tertiary/aromatic N) is 2. The number of hydrogen-bond donors (Lipinski definition) is 1. The number of para-hydroxylation sites is 1. The number of amides is 2. The Balaban J connectivity index is 1.37. The summed E-state index contributed by atoms with van der Waals surface area (Å²) in [4.78, 5) is 29.5. The molecule has 0 bridgehead atoms. The fourth-order valence-corrected chi connectivity index (χ4v) is 4.54. The van der Waals surface area contributed by atoms with Gasteiger partial charge in [-0.1, -0.05) is 18.2 Å². The number of carbonyl (C=O) groups excluding carboxylic acids is 2. The lowest BCUT2D eigenvalue weighted by Crippen LogP contribution is -2.46. The highest BCUT2D eigenvalue weighted by Crippen LogP contribution is 2.33. The van der Waals surface area contributed by atoms with Crippen molar-refractivity contribution in [3.63, 3.8) is 0 Å². The maximum absolute atomic E-state index is 12.9. The zero-order valence-corrected chi connectivity index (χ0v) is 18.3. The first kappa shape index (κ1) is 21.2. The maximum atomic E-state index is 12.9. The van der Waals surface area contributed by atoms with Crippen LogP contribution in [0.3, 0.4) is 0 Å². The summed E-state index contributed by atoms with van der Waals surface area (Å²) in [5, 5.41) is 2.95.